The smallest absolute Gasteiger partial charge is 0.267 e. The summed E-state index contributed by atoms with van der Waals surface area (Å²) in [7, 11) is 0. The Bertz CT molecular complexity index is 904. The summed E-state index contributed by atoms with van der Waals surface area (Å²) in [6.45, 7) is 2.65. The molecule has 2 aromatic carbocycles. The first-order valence-electron chi connectivity index (χ1n) is 7.28. The summed E-state index contributed by atoms with van der Waals surface area (Å²) in [5.41, 5.74) is 6.96. The molecule has 0 radical (unpaired) electrons. The lowest BCUT2D eigenvalue weighted by molar-refractivity contribution is 0.0847. The summed E-state index contributed by atoms with van der Waals surface area (Å²) in [5.74, 6) is -0.872. The average molecular weight is 344 g/mol. The van der Waals surface area contributed by atoms with E-state index in [1.807, 2.05) is 6.92 Å². The van der Waals surface area contributed by atoms with Crippen molar-refractivity contribution >= 4 is 34.4 Å². The molecule has 0 saturated heterocycles. The summed E-state index contributed by atoms with van der Waals surface area (Å²) in [6, 6.07) is 11.4. The second kappa shape index (κ2) is 6.67. The van der Waals surface area contributed by atoms with E-state index in [1.165, 1.54) is 0 Å². The zero-order valence-electron chi connectivity index (χ0n) is 12.8. The monoisotopic (exact) mass is 343 g/mol. The summed E-state index contributed by atoms with van der Waals surface area (Å²) in [4.78, 5) is 24.1. The molecular formula is C16H14ClN5O2. The van der Waals surface area contributed by atoms with Crippen LogP contribution in [0, 0.1) is 0 Å². The Morgan fingerprint density at radius 2 is 1.67 bits per heavy atom. The van der Waals surface area contributed by atoms with Crippen LogP contribution >= 0.6 is 11.6 Å². The van der Waals surface area contributed by atoms with Crippen LogP contribution in [0.3, 0.4) is 0 Å². The van der Waals surface area contributed by atoms with Gasteiger partial charge >= 0.3 is 0 Å². The maximum atomic E-state index is 12.2. The minimum atomic E-state index is -0.440. The molecule has 0 aliphatic carbocycles. The number of hydrazine groups is 1. The largest absolute Gasteiger partial charge is 0.269 e. The van der Waals surface area contributed by atoms with Gasteiger partial charge in [-0.1, -0.05) is 16.8 Å². The van der Waals surface area contributed by atoms with Crippen LogP contribution in [0.1, 0.15) is 27.6 Å². The van der Waals surface area contributed by atoms with E-state index < -0.39 is 11.8 Å². The standard InChI is InChI=1S/C16H14ClN5O2/c1-2-22-14-8-5-11(9-13(14)18-21-22)16(24)20-19-15(23)10-3-6-12(17)7-4-10/h3-9H,2H2,1H3,(H,19,23)(H,20,24). The molecule has 122 valence electrons. The molecule has 0 bridgehead atoms. The van der Waals surface area contributed by atoms with Gasteiger partial charge in [-0.15, -0.1) is 5.10 Å². The number of carbonyl (C=O) groups is 2. The van der Waals surface area contributed by atoms with Gasteiger partial charge in [0.2, 0.25) is 0 Å². The second-order valence-electron chi connectivity index (χ2n) is 5.02. The third kappa shape index (κ3) is 3.21. The summed E-state index contributed by atoms with van der Waals surface area (Å²) in [5, 5.41) is 8.54. The van der Waals surface area contributed by atoms with Crippen LogP contribution in [0.4, 0.5) is 0 Å². The van der Waals surface area contributed by atoms with E-state index in [1.54, 1.807) is 47.1 Å². The normalized spacial score (nSPS) is 10.6. The number of aromatic nitrogens is 3. The van der Waals surface area contributed by atoms with Crippen LogP contribution in [0.25, 0.3) is 11.0 Å². The summed E-state index contributed by atoms with van der Waals surface area (Å²) in [6.07, 6.45) is 0. The number of carbonyl (C=O) groups excluding carboxylic acids is 2. The molecule has 2 amide bonds. The first-order valence-corrected chi connectivity index (χ1v) is 7.66. The maximum Gasteiger partial charge on any atom is 0.269 e. The van der Waals surface area contributed by atoms with Crippen molar-refractivity contribution in [3.05, 3.63) is 58.6 Å². The van der Waals surface area contributed by atoms with E-state index in [0.29, 0.717) is 28.2 Å². The van der Waals surface area contributed by atoms with Gasteiger partial charge in [-0.3, -0.25) is 20.4 Å². The van der Waals surface area contributed by atoms with Crippen molar-refractivity contribution in [2.24, 2.45) is 0 Å². The number of fused-ring (bicyclic) bond motifs is 1. The molecule has 0 aliphatic rings. The van der Waals surface area contributed by atoms with Crippen LogP contribution in [-0.2, 0) is 6.54 Å². The molecule has 1 heterocycles. The highest BCUT2D eigenvalue weighted by Gasteiger charge is 2.11. The fraction of sp³-hybridized carbons (Fsp3) is 0.125. The molecule has 2 N–H and O–H groups in total. The van der Waals surface area contributed by atoms with Gasteiger partial charge in [0.25, 0.3) is 11.8 Å². The van der Waals surface area contributed by atoms with Gasteiger partial charge in [-0.05, 0) is 49.4 Å². The number of nitrogens with zero attached hydrogens (tertiary/aromatic N) is 3. The van der Waals surface area contributed by atoms with Crippen LogP contribution in [0.15, 0.2) is 42.5 Å². The van der Waals surface area contributed by atoms with E-state index in [-0.39, 0.29) is 0 Å². The lowest BCUT2D eigenvalue weighted by atomic mass is 10.2. The molecule has 0 unspecified atom stereocenters. The first kappa shape index (κ1) is 15.9. The van der Waals surface area contributed by atoms with Crippen molar-refractivity contribution in [2.45, 2.75) is 13.5 Å². The SMILES string of the molecule is CCn1nnc2cc(C(=O)NNC(=O)c3ccc(Cl)cc3)ccc21. The molecule has 24 heavy (non-hydrogen) atoms. The zero-order chi connectivity index (χ0) is 17.1. The third-order valence-electron chi connectivity index (χ3n) is 3.47. The quantitative estimate of drug-likeness (QED) is 0.713. The Labute approximate surface area is 142 Å². The van der Waals surface area contributed by atoms with Gasteiger partial charge in [0.15, 0.2) is 0 Å². The van der Waals surface area contributed by atoms with Crippen molar-refractivity contribution in [1.29, 1.82) is 0 Å². The highest BCUT2D eigenvalue weighted by Crippen LogP contribution is 2.13. The first-order chi connectivity index (χ1) is 11.6. The van der Waals surface area contributed by atoms with Crippen LogP contribution in [-0.4, -0.2) is 26.8 Å². The molecule has 0 saturated carbocycles. The van der Waals surface area contributed by atoms with Crippen LogP contribution in [0.5, 0.6) is 0 Å². The Morgan fingerprint density at radius 1 is 1.04 bits per heavy atom. The number of nitrogens with one attached hydrogen (secondary N) is 2. The van der Waals surface area contributed by atoms with Crippen molar-refractivity contribution in [3.8, 4) is 0 Å². The predicted molar refractivity (Wildman–Crippen MR) is 89.6 cm³/mol. The maximum absolute atomic E-state index is 12.2. The van der Waals surface area contributed by atoms with Crippen LogP contribution < -0.4 is 10.9 Å². The molecule has 3 aromatic rings. The number of amides is 2. The van der Waals surface area contributed by atoms with Crippen LogP contribution in [0.2, 0.25) is 5.02 Å². The third-order valence-corrected chi connectivity index (χ3v) is 3.72. The summed E-state index contributed by atoms with van der Waals surface area (Å²) >= 11 is 5.77. The number of aryl methyl sites for hydroxylation is 1. The minimum Gasteiger partial charge on any atom is -0.267 e. The topological polar surface area (TPSA) is 88.9 Å². The number of hydrogen-bond acceptors (Lipinski definition) is 4. The van der Waals surface area contributed by atoms with Gasteiger partial charge in [0.05, 0.1) is 5.52 Å². The minimum absolute atomic E-state index is 0.377. The molecule has 0 fully saturated rings. The molecule has 1 aromatic heterocycles. The van der Waals surface area contributed by atoms with Gasteiger partial charge in [-0.25, -0.2) is 4.68 Å². The van der Waals surface area contributed by atoms with Gasteiger partial charge in [0, 0.05) is 22.7 Å². The molecule has 8 heteroatoms. The van der Waals surface area contributed by atoms with Crippen molar-refractivity contribution in [1.82, 2.24) is 25.8 Å². The zero-order valence-corrected chi connectivity index (χ0v) is 13.5. The van der Waals surface area contributed by atoms with Crippen molar-refractivity contribution in [2.75, 3.05) is 0 Å². The van der Waals surface area contributed by atoms with E-state index in [2.05, 4.69) is 21.2 Å². The van der Waals surface area contributed by atoms with E-state index >= 15 is 0 Å². The molecule has 3 rings (SSSR count). The fourth-order valence-electron chi connectivity index (χ4n) is 2.21. The number of hydrogen-bond donors (Lipinski definition) is 2. The van der Waals surface area contributed by atoms with E-state index in [9.17, 15) is 9.59 Å². The summed E-state index contributed by atoms with van der Waals surface area (Å²) < 4.78 is 1.74. The Kier molecular flexibility index (Phi) is 4.43. The molecule has 7 nitrogen and oxygen atoms in total. The molecule has 0 aliphatic heterocycles. The van der Waals surface area contributed by atoms with Gasteiger partial charge in [-0.2, -0.15) is 0 Å². The highest BCUT2D eigenvalue weighted by molar-refractivity contribution is 6.30. The molecular weight excluding hydrogens is 330 g/mol. The molecule has 0 spiro atoms. The predicted octanol–water partition coefficient (Wildman–Crippen LogP) is 2.18. The lowest BCUT2D eigenvalue weighted by Gasteiger charge is -2.07. The van der Waals surface area contributed by atoms with Gasteiger partial charge in [0.1, 0.15) is 5.52 Å². The fourth-order valence-corrected chi connectivity index (χ4v) is 2.33. The highest BCUT2D eigenvalue weighted by atomic mass is 35.5. The average Bonchev–Trinajstić information content (AvgIpc) is 3.02. The Balaban J connectivity index is 1.68. The Morgan fingerprint density at radius 3 is 2.33 bits per heavy atom. The van der Waals surface area contributed by atoms with E-state index in [4.69, 9.17) is 11.6 Å². The number of halogens is 1. The van der Waals surface area contributed by atoms with E-state index in [0.717, 1.165) is 5.52 Å². The number of rotatable bonds is 3. The van der Waals surface area contributed by atoms with Crippen molar-refractivity contribution in [3.63, 3.8) is 0 Å². The molecule has 0 atom stereocenters. The lowest BCUT2D eigenvalue weighted by Crippen LogP contribution is -2.41. The second-order valence-corrected chi connectivity index (χ2v) is 5.46. The van der Waals surface area contributed by atoms with Gasteiger partial charge < -0.3 is 0 Å². The van der Waals surface area contributed by atoms with Crippen molar-refractivity contribution < 1.29 is 9.59 Å². The number of benzene rings is 2. The Hall–Kier alpha value is -2.93.